The molecule has 0 aliphatic heterocycles. The number of halogens is 2. The van der Waals surface area contributed by atoms with Crippen molar-refractivity contribution < 1.29 is 17.5 Å². The van der Waals surface area contributed by atoms with Crippen molar-refractivity contribution in [1.29, 1.82) is 0 Å². The van der Waals surface area contributed by atoms with Crippen LogP contribution in [0.2, 0.25) is 5.02 Å². The number of ether oxygens (including phenoxy) is 1. The maximum atomic E-state index is 13.1. The maximum Gasteiger partial charge on any atom is 0.240 e. The molecule has 0 bridgehead atoms. The number of aromatic nitrogens is 4. The van der Waals surface area contributed by atoms with E-state index in [9.17, 15) is 12.8 Å². The number of sulfonamides is 1. The van der Waals surface area contributed by atoms with Crippen LogP contribution in [0.5, 0.6) is 5.75 Å². The zero-order chi connectivity index (χ0) is 28.2. The highest BCUT2D eigenvalue weighted by atomic mass is 35.5. The highest BCUT2D eigenvalue weighted by molar-refractivity contribution is 7.89. The lowest BCUT2D eigenvalue weighted by Gasteiger charge is -2.18. The van der Waals surface area contributed by atoms with Crippen LogP contribution in [0.15, 0.2) is 65.8 Å². The molecule has 4 aromatic rings. The van der Waals surface area contributed by atoms with Gasteiger partial charge in [-0.25, -0.2) is 27.5 Å². The minimum Gasteiger partial charge on any atom is -0.495 e. The Morgan fingerprint density at radius 1 is 1.08 bits per heavy atom. The maximum absolute atomic E-state index is 13.1. The van der Waals surface area contributed by atoms with Gasteiger partial charge >= 0.3 is 0 Å². The van der Waals surface area contributed by atoms with E-state index < -0.39 is 15.8 Å². The van der Waals surface area contributed by atoms with Crippen molar-refractivity contribution in [2.45, 2.75) is 37.6 Å². The zero-order valence-corrected chi connectivity index (χ0v) is 23.6. The van der Waals surface area contributed by atoms with Gasteiger partial charge in [-0.3, -0.25) is 4.68 Å². The second-order valence-corrected chi connectivity index (χ2v) is 11.9. The molecule has 2 N–H and O–H groups in total. The van der Waals surface area contributed by atoms with E-state index in [2.05, 4.69) is 40.8 Å². The smallest absolute Gasteiger partial charge is 0.240 e. The molecule has 9 nitrogen and oxygen atoms in total. The molecule has 2 aromatic heterocycles. The molecule has 206 valence electrons. The fourth-order valence-corrected chi connectivity index (χ4v) is 4.98. The molecule has 0 saturated carbocycles. The van der Waals surface area contributed by atoms with E-state index in [-0.39, 0.29) is 17.0 Å². The van der Waals surface area contributed by atoms with Crippen molar-refractivity contribution in [2.24, 2.45) is 0 Å². The number of hydrogen-bond donors (Lipinski definition) is 2. The Bertz CT molecular complexity index is 1550. The van der Waals surface area contributed by atoms with Gasteiger partial charge in [0.2, 0.25) is 16.0 Å². The highest BCUT2D eigenvalue weighted by Gasteiger charge is 2.22. The van der Waals surface area contributed by atoms with Gasteiger partial charge in [-0.05, 0) is 69.7 Å². The van der Waals surface area contributed by atoms with Crippen molar-refractivity contribution in [1.82, 2.24) is 24.5 Å². The lowest BCUT2D eigenvalue weighted by atomic mass is 10.1. The molecule has 0 unspecified atom stereocenters. The SMILES string of the molecule is COc1cc(-c2nn(C(C)(C)C)cc2-c2ccnc(NCCCNS(=O)(=O)c3ccc(F)cc3)n2)ccc1Cl. The zero-order valence-electron chi connectivity index (χ0n) is 22.1. The summed E-state index contributed by atoms with van der Waals surface area (Å²) in [6, 6.07) is 12.0. The molecule has 4 rings (SSSR count). The van der Waals surface area contributed by atoms with Crippen LogP contribution in [0.3, 0.4) is 0 Å². The largest absolute Gasteiger partial charge is 0.495 e. The predicted octanol–water partition coefficient (Wildman–Crippen LogP) is 5.34. The van der Waals surface area contributed by atoms with Gasteiger partial charge in [0.05, 0.1) is 28.3 Å². The van der Waals surface area contributed by atoms with Gasteiger partial charge in [-0.1, -0.05) is 17.7 Å². The summed E-state index contributed by atoms with van der Waals surface area (Å²) < 4.78 is 47.6. The van der Waals surface area contributed by atoms with E-state index in [0.29, 0.717) is 35.4 Å². The summed E-state index contributed by atoms with van der Waals surface area (Å²) in [6.45, 7) is 6.80. The Morgan fingerprint density at radius 2 is 1.82 bits per heavy atom. The van der Waals surface area contributed by atoms with Crippen molar-refractivity contribution in [3.63, 3.8) is 0 Å². The first-order valence-corrected chi connectivity index (χ1v) is 14.1. The molecule has 0 amide bonds. The Labute approximate surface area is 232 Å². The molecule has 0 radical (unpaired) electrons. The molecule has 0 aliphatic rings. The van der Waals surface area contributed by atoms with Crippen LogP contribution in [0.1, 0.15) is 27.2 Å². The number of hydrogen-bond acceptors (Lipinski definition) is 7. The second-order valence-electron chi connectivity index (χ2n) is 9.75. The average Bonchev–Trinajstić information content (AvgIpc) is 3.36. The van der Waals surface area contributed by atoms with E-state index in [0.717, 1.165) is 29.0 Å². The quantitative estimate of drug-likeness (QED) is 0.247. The lowest BCUT2D eigenvalue weighted by molar-refractivity contribution is 0.356. The molecule has 0 saturated heterocycles. The molecule has 39 heavy (non-hydrogen) atoms. The van der Waals surface area contributed by atoms with E-state index in [1.165, 1.54) is 12.1 Å². The predicted molar refractivity (Wildman–Crippen MR) is 150 cm³/mol. The van der Waals surface area contributed by atoms with E-state index in [4.69, 9.17) is 21.4 Å². The summed E-state index contributed by atoms with van der Waals surface area (Å²) in [5, 5.41) is 8.50. The van der Waals surface area contributed by atoms with Crippen molar-refractivity contribution in [3.8, 4) is 28.3 Å². The molecule has 2 aromatic carbocycles. The van der Waals surface area contributed by atoms with Crippen molar-refractivity contribution in [3.05, 3.63) is 71.8 Å². The van der Waals surface area contributed by atoms with Crippen LogP contribution in [0.4, 0.5) is 10.3 Å². The fraction of sp³-hybridized carbons (Fsp3) is 0.296. The van der Waals surface area contributed by atoms with Gasteiger partial charge in [0.1, 0.15) is 17.3 Å². The number of benzene rings is 2. The molecule has 0 fully saturated rings. The minimum atomic E-state index is -3.72. The van der Waals surface area contributed by atoms with Gasteiger partial charge < -0.3 is 10.1 Å². The van der Waals surface area contributed by atoms with Crippen LogP contribution in [-0.2, 0) is 15.6 Å². The van der Waals surface area contributed by atoms with Crippen LogP contribution in [0, 0.1) is 5.82 Å². The van der Waals surface area contributed by atoms with Crippen LogP contribution in [0.25, 0.3) is 22.5 Å². The molecular formula is C27H30ClFN6O3S. The van der Waals surface area contributed by atoms with Gasteiger partial charge in [0.15, 0.2) is 0 Å². The van der Waals surface area contributed by atoms with Crippen molar-refractivity contribution >= 4 is 27.6 Å². The fourth-order valence-electron chi connectivity index (χ4n) is 3.71. The molecule has 12 heteroatoms. The third kappa shape index (κ3) is 6.92. The first kappa shape index (κ1) is 28.5. The summed E-state index contributed by atoms with van der Waals surface area (Å²) >= 11 is 6.24. The van der Waals surface area contributed by atoms with Gasteiger partial charge in [0.25, 0.3) is 0 Å². The Balaban J connectivity index is 1.48. The number of rotatable bonds is 10. The number of anilines is 1. The third-order valence-corrected chi connectivity index (χ3v) is 7.60. The monoisotopic (exact) mass is 572 g/mol. The Morgan fingerprint density at radius 3 is 2.51 bits per heavy atom. The summed E-state index contributed by atoms with van der Waals surface area (Å²) in [6.07, 6.45) is 4.08. The Hall–Kier alpha value is -3.54. The van der Waals surface area contributed by atoms with Crippen LogP contribution >= 0.6 is 11.6 Å². The summed E-state index contributed by atoms with van der Waals surface area (Å²) in [4.78, 5) is 8.99. The van der Waals surface area contributed by atoms with Crippen LogP contribution in [-0.4, -0.2) is 48.4 Å². The number of methoxy groups -OCH3 is 1. The molecule has 0 spiro atoms. The Kier molecular flexibility index (Phi) is 8.53. The van der Waals surface area contributed by atoms with Crippen LogP contribution < -0.4 is 14.8 Å². The minimum absolute atomic E-state index is 0.0119. The second kappa shape index (κ2) is 11.7. The first-order valence-electron chi connectivity index (χ1n) is 12.2. The normalized spacial score (nSPS) is 11.9. The van der Waals surface area contributed by atoms with E-state index in [1.54, 1.807) is 19.4 Å². The van der Waals surface area contributed by atoms with Gasteiger partial charge in [-0.2, -0.15) is 5.10 Å². The lowest BCUT2D eigenvalue weighted by Crippen LogP contribution is -2.26. The summed E-state index contributed by atoms with van der Waals surface area (Å²) in [5.41, 5.74) is 2.77. The number of nitrogens with one attached hydrogen (secondary N) is 2. The van der Waals surface area contributed by atoms with Crippen molar-refractivity contribution in [2.75, 3.05) is 25.5 Å². The molecule has 2 heterocycles. The molecular weight excluding hydrogens is 543 g/mol. The topological polar surface area (TPSA) is 111 Å². The van der Waals surface area contributed by atoms with E-state index >= 15 is 0 Å². The van der Waals surface area contributed by atoms with E-state index in [1.807, 2.05) is 29.1 Å². The molecule has 0 atom stereocenters. The van der Waals surface area contributed by atoms with Gasteiger partial charge in [0, 0.05) is 36.6 Å². The summed E-state index contributed by atoms with van der Waals surface area (Å²) in [7, 11) is -2.15. The standard InChI is InChI=1S/C27H30ClFN6O3S/c1-27(2,3)35-17-21(25(34-35)18-6-11-22(28)24(16-18)38-4)23-12-15-31-26(33-23)30-13-5-14-32-39(36,37)20-9-7-19(29)8-10-20/h6-12,15-17,32H,5,13-14H2,1-4H3,(H,30,31,33). The number of nitrogens with zero attached hydrogens (tertiary/aromatic N) is 4. The first-order chi connectivity index (χ1) is 18.5. The third-order valence-electron chi connectivity index (χ3n) is 5.81. The van der Waals surface area contributed by atoms with Gasteiger partial charge in [-0.15, -0.1) is 0 Å². The highest BCUT2D eigenvalue weighted by Crippen LogP contribution is 2.36. The summed E-state index contributed by atoms with van der Waals surface area (Å²) in [5.74, 6) is 0.453. The molecule has 0 aliphatic carbocycles. The average molecular weight is 573 g/mol.